The van der Waals surface area contributed by atoms with Crippen molar-refractivity contribution in [2.24, 2.45) is 0 Å². The lowest BCUT2D eigenvalue weighted by atomic mass is 10.2. The van der Waals surface area contributed by atoms with Crippen LogP contribution in [0.1, 0.15) is 5.56 Å². The molecule has 7 nitrogen and oxygen atoms in total. The standard InChI is InChI=1S/C19H16N6OS/c1-26-14-5-2-12(3-6-14)11-21-18-23-19-22-15-10-13(17-20-8-9-27-17)4-7-16(15)25(19)24-18/h2-10H,11H2,1H3,(H2,21,22,23,24). The molecule has 0 aliphatic rings. The van der Waals surface area contributed by atoms with Crippen molar-refractivity contribution in [1.29, 1.82) is 0 Å². The Labute approximate surface area is 158 Å². The van der Waals surface area contributed by atoms with E-state index in [0.29, 0.717) is 18.3 Å². The normalized spacial score (nSPS) is 11.3. The van der Waals surface area contributed by atoms with Gasteiger partial charge >= 0.3 is 0 Å². The predicted molar refractivity (Wildman–Crippen MR) is 106 cm³/mol. The summed E-state index contributed by atoms with van der Waals surface area (Å²) >= 11 is 1.62. The molecule has 0 atom stereocenters. The van der Waals surface area contributed by atoms with E-state index in [1.54, 1.807) is 18.4 Å². The van der Waals surface area contributed by atoms with Gasteiger partial charge in [0.1, 0.15) is 10.8 Å². The summed E-state index contributed by atoms with van der Waals surface area (Å²) in [6.45, 7) is 0.660. The summed E-state index contributed by atoms with van der Waals surface area (Å²) in [5.74, 6) is 2.16. The fourth-order valence-electron chi connectivity index (χ4n) is 2.99. The van der Waals surface area contributed by atoms with Crippen LogP contribution in [0.4, 0.5) is 5.95 Å². The third-order valence-corrected chi connectivity index (χ3v) is 5.19. The summed E-state index contributed by atoms with van der Waals surface area (Å²) in [4.78, 5) is 13.5. The van der Waals surface area contributed by atoms with Crippen LogP contribution in [0.5, 0.6) is 5.75 Å². The summed E-state index contributed by atoms with van der Waals surface area (Å²) in [7, 11) is 1.66. The molecule has 27 heavy (non-hydrogen) atoms. The Morgan fingerprint density at radius 2 is 2.04 bits per heavy atom. The molecule has 2 N–H and O–H groups in total. The third kappa shape index (κ3) is 2.89. The molecular formula is C19H16N6OS. The van der Waals surface area contributed by atoms with Crippen LogP contribution in [0.15, 0.2) is 54.0 Å². The molecule has 0 spiro atoms. The van der Waals surface area contributed by atoms with E-state index in [9.17, 15) is 0 Å². The van der Waals surface area contributed by atoms with Gasteiger partial charge in [0.15, 0.2) is 0 Å². The molecule has 5 rings (SSSR count). The van der Waals surface area contributed by atoms with Crippen LogP contribution in [0.2, 0.25) is 0 Å². The number of anilines is 1. The number of nitrogens with one attached hydrogen (secondary N) is 2. The zero-order valence-corrected chi connectivity index (χ0v) is 15.3. The van der Waals surface area contributed by atoms with Crippen molar-refractivity contribution in [3.63, 3.8) is 0 Å². The number of imidazole rings is 1. The summed E-state index contributed by atoms with van der Waals surface area (Å²) < 4.78 is 7.07. The Morgan fingerprint density at radius 3 is 2.81 bits per heavy atom. The van der Waals surface area contributed by atoms with Gasteiger partial charge in [0.25, 0.3) is 5.78 Å². The van der Waals surface area contributed by atoms with Gasteiger partial charge in [0, 0.05) is 23.7 Å². The second kappa shape index (κ2) is 6.40. The van der Waals surface area contributed by atoms with Gasteiger partial charge in [-0.05, 0) is 35.9 Å². The smallest absolute Gasteiger partial charge is 0.253 e. The van der Waals surface area contributed by atoms with Crippen molar-refractivity contribution in [3.8, 4) is 16.3 Å². The number of methoxy groups -OCH3 is 1. The molecule has 3 aromatic heterocycles. The summed E-state index contributed by atoms with van der Waals surface area (Å²) in [6.07, 6.45) is 1.81. The maximum absolute atomic E-state index is 5.18. The van der Waals surface area contributed by atoms with Crippen LogP contribution in [0.3, 0.4) is 0 Å². The quantitative estimate of drug-likeness (QED) is 0.485. The highest BCUT2D eigenvalue weighted by Gasteiger charge is 2.11. The van der Waals surface area contributed by atoms with Gasteiger partial charge in [-0.3, -0.25) is 5.10 Å². The molecule has 0 bridgehead atoms. The maximum atomic E-state index is 5.18. The predicted octanol–water partition coefficient (Wildman–Crippen LogP) is 3.95. The van der Waals surface area contributed by atoms with Crippen molar-refractivity contribution >= 4 is 34.1 Å². The van der Waals surface area contributed by atoms with Crippen molar-refractivity contribution < 1.29 is 4.74 Å². The Morgan fingerprint density at radius 1 is 1.15 bits per heavy atom. The van der Waals surface area contributed by atoms with Crippen LogP contribution in [-0.2, 0) is 6.54 Å². The molecule has 134 valence electrons. The van der Waals surface area contributed by atoms with Gasteiger partial charge in [0.2, 0.25) is 5.95 Å². The second-order valence-electron chi connectivity index (χ2n) is 6.06. The number of thiazole rings is 1. The highest BCUT2D eigenvalue weighted by Crippen LogP contribution is 2.26. The number of benzene rings is 2. The topological polar surface area (TPSA) is 80.1 Å². The number of H-pyrrole nitrogens is 1. The Hall–Kier alpha value is -3.39. The van der Waals surface area contributed by atoms with Gasteiger partial charge in [-0.25, -0.2) is 14.5 Å². The first-order valence-corrected chi connectivity index (χ1v) is 9.33. The van der Waals surface area contributed by atoms with E-state index in [4.69, 9.17) is 4.74 Å². The zero-order valence-electron chi connectivity index (χ0n) is 14.5. The molecular weight excluding hydrogens is 360 g/mol. The fraction of sp³-hybridized carbons (Fsp3) is 0.105. The summed E-state index contributed by atoms with van der Waals surface area (Å²) in [5, 5.41) is 9.52. The lowest BCUT2D eigenvalue weighted by Gasteiger charge is -2.04. The molecule has 0 saturated heterocycles. The van der Waals surface area contributed by atoms with E-state index in [2.05, 4.69) is 31.4 Å². The molecule has 0 unspecified atom stereocenters. The Balaban J connectivity index is 1.40. The van der Waals surface area contributed by atoms with Crippen molar-refractivity contribution in [2.75, 3.05) is 12.4 Å². The molecule has 0 fully saturated rings. The Bertz CT molecular complexity index is 1210. The van der Waals surface area contributed by atoms with Gasteiger partial charge < -0.3 is 10.1 Å². The molecule has 5 aromatic rings. The van der Waals surface area contributed by atoms with E-state index in [1.807, 2.05) is 52.5 Å². The highest BCUT2D eigenvalue weighted by molar-refractivity contribution is 7.13. The number of hydrogen-bond donors (Lipinski definition) is 2. The average Bonchev–Trinajstić information content (AvgIpc) is 3.42. The second-order valence-corrected chi connectivity index (χ2v) is 6.96. The first-order chi connectivity index (χ1) is 13.3. The van der Waals surface area contributed by atoms with E-state index < -0.39 is 0 Å². The number of aromatic nitrogens is 5. The number of fused-ring (bicyclic) bond motifs is 3. The SMILES string of the molecule is COc1ccc(CNc2nc3nc4cc(-c5nccs5)ccc4n3[nH]2)cc1. The first kappa shape index (κ1) is 15.8. The lowest BCUT2D eigenvalue weighted by Crippen LogP contribution is -2.01. The molecule has 0 aliphatic carbocycles. The zero-order chi connectivity index (χ0) is 18.2. The molecule has 0 saturated carbocycles. The molecule has 3 heterocycles. The minimum atomic E-state index is 0.638. The largest absolute Gasteiger partial charge is 0.497 e. The van der Waals surface area contributed by atoms with Crippen LogP contribution >= 0.6 is 11.3 Å². The summed E-state index contributed by atoms with van der Waals surface area (Å²) in [5.41, 5.74) is 4.08. The van der Waals surface area contributed by atoms with Crippen LogP contribution in [-0.4, -0.2) is 31.7 Å². The highest BCUT2D eigenvalue weighted by atomic mass is 32.1. The number of nitrogens with zero attached hydrogens (tertiary/aromatic N) is 4. The monoisotopic (exact) mass is 376 g/mol. The molecule has 0 aliphatic heterocycles. The minimum absolute atomic E-state index is 0.638. The van der Waals surface area contributed by atoms with E-state index in [1.165, 1.54) is 0 Å². The molecule has 0 radical (unpaired) electrons. The molecule has 0 amide bonds. The van der Waals surface area contributed by atoms with Crippen molar-refractivity contribution in [2.45, 2.75) is 6.54 Å². The van der Waals surface area contributed by atoms with Crippen LogP contribution in [0.25, 0.3) is 27.4 Å². The van der Waals surface area contributed by atoms with Crippen molar-refractivity contribution in [3.05, 3.63) is 59.6 Å². The van der Waals surface area contributed by atoms with E-state index in [-0.39, 0.29) is 0 Å². The minimum Gasteiger partial charge on any atom is -0.497 e. The molecule has 8 heteroatoms. The van der Waals surface area contributed by atoms with E-state index in [0.717, 1.165) is 32.9 Å². The van der Waals surface area contributed by atoms with Gasteiger partial charge in [0.05, 0.1) is 18.1 Å². The third-order valence-electron chi connectivity index (χ3n) is 4.36. The molecule has 2 aromatic carbocycles. The van der Waals surface area contributed by atoms with Crippen LogP contribution in [0, 0.1) is 0 Å². The number of hydrogen-bond acceptors (Lipinski definition) is 6. The summed E-state index contributed by atoms with van der Waals surface area (Å²) in [6, 6.07) is 14.1. The van der Waals surface area contributed by atoms with Gasteiger partial charge in [-0.2, -0.15) is 4.98 Å². The van der Waals surface area contributed by atoms with E-state index >= 15 is 0 Å². The van der Waals surface area contributed by atoms with Crippen molar-refractivity contribution in [1.82, 2.24) is 24.6 Å². The fourth-order valence-corrected chi connectivity index (χ4v) is 3.63. The van der Waals surface area contributed by atoms with Gasteiger partial charge in [-0.15, -0.1) is 11.3 Å². The van der Waals surface area contributed by atoms with Gasteiger partial charge in [-0.1, -0.05) is 12.1 Å². The Kier molecular flexibility index (Phi) is 3.75. The average molecular weight is 376 g/mol. The lowest BCUT2D eigenvalue weighted by molar-refractivity contribution is 0.414. The number of aromatic amines is 1. The van der Waals surface area contributed by atoms with Crippen LogP contribution < -0.4 is 10.1 Å². The maximum Gasteiger partial charge on any atom is 0.253 e. The first-order valence-electron chi connectivity index (χ1n) is 8.45. The number of rotatable bonds is 5. The number of ether oxygens (including phenoxy) is 1.